The molecule has 0 N–H and O–H groups in total. The third-order valence-corrected chi connectivity index (χ3v) is 5.30. The molecule has 0 saturated carbocycles. The van der Waals surface area contributed by atoms with E-state index >= 15 is 0 Å². The normalized spacial score (nSPS) is 12.7. The molecular formula is C19H15N3O3S. The zero-order valence-electron chi connectivity index (χ0n) is 14.0. The number of rotatable bonds is 4. The molecule has 0 radical (unpaired) electrons. The summed E-state index contributed by atoms with van der Waals surface area (Å²) >= 11 is 1.56. The number of aromatic nitrogens is 1. The molecule has 130 valence electrons. The first-order chi connectivity index (χ1) is 12.6. The lowest BCUT2D eigenvalue weighted by Gasteiger charge is -2.15. The third-order valence-electron chi connectivity index (χ3n) is 4.28. The first kappa shape index (κ1) is 16.4. The van der Waals surface area contributed by atoms with Crippen LogP contribution in [-0.4, -0.2) is 23.2 Å². The van der Waals surface area contributed by atoms with Crippen molar-refractivity contribution >= 4 is 28.4 Å². The smallest absolute Gasteiger partial charge is 0.270 e. The van der Waals surface area contributed by atoms with Gasteiger partial charge in [-0.1, -0.05) is 23.5 Å². The van der Waals surface area contributed by atoms with Crippen molar-refractivity contribution in [2.75, 3.05) is 7.11 Å². The van der Waals surface area contributed by atoms with Gasteiger partial charge in [-0.25, -0.2) is 9.98 Å². The number of non-ortho nitro benzene ring substituents is 1. The molecule has 0 atom stereocenters. The quantitative estimate of drug-likeness (QED) is 0.385. The van der Waals surface area contributed by atoms with E-state index in [4.69, 9.17) is 4.74 Å². The number of methoxy groups -OCH3 is 1. The maximum Gasteiger partial charge on any atom is 0.270 e. The van der Waals surface area contributed by atoms with E-state index in [9.17, 15) is 10.1 Å². The number of benzene rings is 2. The van der Waals surface area contributed by atoms with Crippen molar-refractivity contribution in [3.05, 3.63) is 68.6 Å². The van der Waals surface area contributed by atoms with Crippen LogP contribution in [0.3, 0.4) is 0 Å². The molecule has 2 aromatic carbocycles. The highest BCUT2D eigenvalue weighted by molar-refractivity contribution is 7.15. The molecule has 26 heavy (non-hydrogen) atoms. The van der Waals surface area contributed by atoms with E-state index in [0.29, 0.717) is 10.7 Å². The number of nitrogens with zero attached hydrogens (tertiary/aromatic N) is 3. The Bertz CT molecular complexity index is 1030. The van der Waals surface area contributed by atoms with Crippen LogP contribution in [0.15, 0.2) is 47.5 Å². The predicted octanol–water partition coefficient (Wildman–Crippen LogP) is 4.58. The molecule has 0 aliphatic heterocycles. The summed E-state index contributed by atoms with van der Waals surface area (Å²) in [4.78, 5) is 20.8. The average Bonchev–Trinajstić information content (AvgIpc) is 3.09. The Labute approximate surface area is 154 Å². The Hall–Kier alpha value is -3.06. The molecule has 1 aliphatic rings. The zero-order chi connectivity index (χ0) is 18.1. The SMILES string of the molecule is COc1ccc2c(c1)CCc1sc(/N=C/c3cccc([N+](=O)[O-])c3)nc1-2. The fourth-order valence-corrected chi connectivity index (χ4v) is 3.93. The van der Waals surface area contributed by atoms with Crippen LogP contribution >= 0.6 is 11.3 Å². The summed E-state index contributed by atoms with van der Waals surface area (Å²) in [7, 11) is 1.67. The van der Waals surface area contributed by atoms with E-state index < -0.39 is 4.92 Å². The molecule has 0 saturated heterocycles. The lowest BCUT2D eigenvalue weighted by Crippen LogP contribution is -2.02. The van der Waals surface area contributed by atoms with Crippen LogP contribution in [0.2, 0.25) is 0 Å². The van der Waals surface area contributed by atoms with Crippen LogP contribution < -0.4 is 4.74 Å². The van der Waals surface area contributed by atoms with Gasteiger partial charge in [-0.15, -0.1) is 0 Å². The second-order valence-corrected chi connectivity index (χ2v) is 6.96. The summed E-state index contributed by atoms with van der Waals surface area (Å²) in [5, 5.41) is 11.5. The summed E-state index contributed by atoms with van der Waals surface area (Å²) in [6, 6.07) is 12.4. The maximum atomic E-state index is 10.9. The van der Waals surface area contributed by atoms with E-state index in [1.54, 1.807) is 36.8 Å². The summed E-state index contributed by atoms with van der Waals surface area (Å²) in [6.07, 6.45) is 3.50. The number of nitro groups is 1. The standard InChI is InChI=1S/C19H15N3O3S/c1-25-15-6-7-16-13(10-15)5-8-17-18(16)21-19(26-17)20-11-12-3-2-4-14(9-12)22(23)24/h2-4,6-7,9-11H,5,8H2,1H3/b20-11+. The average molecular weight is 365 g/mol. The first-order valence-corrected chi connectivity index (χ1v) is 8.91. The molecule has 6 nitrogen and oxygen atoms in total. The highest BCUT2D eigenvalue weighted by atomic mass is 32.1. The van der Waals surface area contributed by atoms with Crippen LogP contribution in [0.1, 0.15) is 16.0 Å². The number of hydrogen-bond acceptors (Lipinski definition) is 6. The van der Waals surface area contributed by atoms with Crippen molar-refractivity contribution in [1.82, 2.24) is 4.98 Å². The van der Waals surface area contributed by atoms with E-state index in [1.165, 1.54) is 22.6 Å². The lowest BCUT2D eigenvalue weighted by atomic mass is 9.93. The van der Waals surface area contributed by atoms with Gasteiger partial charge in [-0.3, -0.25) is 10.1 Å². The fraction of sp³-hybridized carbons (Fsp3) is 0.158. The van der Waals surface area contributed by atoms with Crippen molar-refractivity contribution in [3.8, 4) is 17.0 Å². The highest BCUT2D eigenvalue weighted by Gasteiger charge is 2.21. The molecule has 1 aliphatic carbocycles. The minimum Gasteiger partial charge on any atom is -0.497 e. The number of ether oxygens (including phenoxy) is 1. The summed E-state index contributed by atoms with van der Waals surface area (Å²) in [5.41, 5.74) is 4.06. The first-order valence-electron chi connectivity index (χ1n) is 8.09. The topological polar surface area (TPSA) is 77.6 Å². The van der Waals surface area contributed by atoms with E-state index in [0.717, 1.165) is 29.8 Å². The fourth-order valence-electron chi connectivity index (χ4n) is 3.01. The molecule has 0 unspecified atom stereocenters. The monoisotopic (exact) mass is 365 g/mol. The number of aliphatic imine (C=N–C) groups is 1. The van der Waals surface area contributed by atoms with Gasteiger partial charge in [0, 0.05) is 28.8 Å². The van der Waals surface area contributed by atoms with Crippen molar-refractivity contribution in [3.63, 3.8) is 0 Å². The number of thiazole rings is 1. The van der Waals surface area contributed by atoms with Gasteiger partial charge in [-0.05, 0) is 42.2 Å². The predicted molar refractivity (Wildman–Crippen MR) is 102 cm³/mol. The van der Waals surface area contributed by atoms with Gasteiger partial charge in [-0.2, -0.15) is 0 Å². The summed E-state index contributed by atoms with van der Waals surface area (Å²) < 4.78 is 5.30. The van der Waals surface area contributed by atoms with Gasteiger partial charge in [0.2, 0.25) is 5.13 Å². The van der Waals surface area contributed by atoms with Gasteiger partial charge in [0.05, 0.1) is 17.7 Å². The Kier molecular flexibility index (Phi) is 4.22. The number of aryl methyl sites for hydroxylation is 2. The third kappa shape index (κ3) is 3.09. The molecule has 0 amide bonds. The number of hydrogen-bond donors (Lipinski definition) is 0. The van der Waals surface area contributed by atoms with Gasteiger partial charge in [0.1, 0.15) is 5.75 Å². The molecule has 0 fully saturated rings. The van der Waals surface area contributed by atoms with Gasteiger partial charge in [0.25, 0.3) is 5.69 Å². The van der Waals surface area contributed by atoms with Crippen LogP contribution in [0, 0.1) is 10.1 Å². The summed E-state index contributed by atoms with van der Waals surface area (Å²) in [5.74, 6) is 0.853. The minimum absolute atomic E-state index is 0.0512. The second kappa shape index (κ2) is 6.68. The number of nitro benzene ring substituents is 1. The van der Waals surface area contributed by atoms with E-state index in [2.05, 4.69) is 16.0 Å². The number of fused-ring (bicyclic) bond motifs is 3. The Morgan fingerprint density at radius 1 is 1.27 bits per heavy atom. The van der Waals surface area contributed by atoms with Gasteiger partial charge < -0.3 is 4.74 Å². The minimum atomic E-state index is -0.412. The Balaban J connectivity index is 1.63. The van der Waals surface area contributed by atoms with E-state index in [1.807, 2.05) is 12.1 Å². The van der Waals surface area contributed by atoms with Gasteiger partial charge in [0.15, 0.2) is 0 Å². The molecule has 7 heteroatoms. The summed E-state index contributed by atoms with van der Waals surface area (Å²) in [6.45, 7) is 0. The van der Waals surface area contributed by atoms with Crippen molar-refractivity contribution < 1.29 is 9.66 Å². The van der Waals surface area contributed by atoms with Crippen LogP contribution in [0.25, 0.3) is 11.3 Å². The zero-order valence-corrected chi connectivity index (χ0v) is 14.8. The molecule has 0 bridgehead atoms. The molecule has 1 heterocycles. The molecular weight excluding hydrogens is 350 g/mol. The maximum absolute atomic E-state index is 10.9. The highest BCUT2D eigenvalue weighted by Crippen LogP contribution is 2.40. The Morgan fingerprint density at radius 2 is 2.15 bits per heavy atom. The van der Waals surface area contributed by atoms with Gasteiger partial charge >= 0.3 is 0 Å². The largest absolute Gasteiger partial charge is 0.497 e. The molecule has 4 rings (SSSR count). The van der Waals surface area contributed by atoms with Crippen LogP contribution in [0.5, 0.6) is 5.75 Å². The molecule has 1 aromatic heterocycles. The van der Waals surface area contributed by atoms with Crippen LogP contribution in [0.4, 0.5) is 10.8 Å². The molecule has 3 aromatic rings. The molecule has 0 spiro atoms. The van der Waals surface area contributed by atoms with Crippen molar-refractivity contribution in [1.29, 1.82) is 0 Å². The second-order valence-electron chi connectivity index (χ2n) is 5.90. The Morgan fingerprint density at radius 3 is 2.96 bits per heavy atom. The van der Waals surface area contributed by atoms with Crippen molar-refractivity contribution in [2.45, 2.75) is 12.8 Å². The van der Waals surface area contributed by atoms with E-state index in [-0.39, 0.29) is 5.69 Å². The van der Waals surface area contributed by atoms with Crippen LogP contribution in [-0.2, 0) is 12.8 Å². The van der Waals surface area contributed by atoms with Crippen molar-refractivity contribution in [2.24, 2.45) is 4.99 Å². The lowest BCUT2D eigenvalue weighted by molar-refractivity contribution is -0.384.